The molecule has 0 bridgehead atoms. The van der Waals surface area contributed by atoms with Gasteiger partial charge in [-0.05, 0) is 41.8 Å². The van der Waals surface area contributed by atoms with Crippen molar-refractivity contribution in [3.05, 3.63) is 65.2 Å². The molecule has 0 saturated carbocycles. The minimum Gasteiger partial charge on any atom is -0.481 e. The molecule has 1 amide bonds. The predicted octanol–water partition coefficient (Wildman–Crippen LogP) is 3.82. The molecule has 2 atom stereocenters. The van der Waals surface area contributed by atoms with Crippen LogP contribution in [0.2, 0.25) is 0 Å². The Hall–Kier alpha value is -3.07. The Morgan fingerprint density at radius 1 is 1.06 bits per heavy atom. The number of carbonyl (C=O) groups is 2. The molecule has 2 aromatic rings. The molecule has 0 aliphatic heterocycles. The van der Waals surface area contributed by atoms with Crippen LogP contribution in [0.4, 0.5) is 13.2 Å². The summed E-state index contributed by atoms with van der Waals surface area (Å²) in [4.78, 5) is 23.5. The van der Waals surface area contributed by atoms with Gasteiger partial charge in [0.2, 0.25) is 0 Å². The fourth-order valence-electron chi connectivity index (χ4n) is 2.84. The van der Waals surface area contributed by atoms with E-state index in [0.717, 1.165) is 17.7 Å². The number of rotatable bonds is 10. The number of aliphatic carboxylic acids is 1. The van der Waals surface area contributed by atoms with E-state index in [1.807, 2.05) is 0 Å². The van der Waals surface area contributed by atoms with Crippen LogP contribution in [0, 0.1) is 0 Å². The van der Waals surface area contributed by atoms with E-state index in [0.29, 0.717) is 17.7 Å². The maximum Gasteiger partial charge on any atom is 0.416 e. The summed E-state index contributed by atoms with van der Waals surface area (Å²) in [6, 6.07) is 11.3. The van der Waals surface area contributed by atoms with Crippen LogP contribution in [0.3, 0.4) is 0 Å². The maximum absolute atomic E-state index is 12.8. The normalized spacial score (nSPS) is 13.3. The summed E-state index contributed by atoms with van der Waals surface area (Å²) >= 11 is 0. The van der Waals surface area contributed by atoms with E-state index in [1.165, 1.54) is 19.2 Å². The lowest BCUT2D eigenvalue weighted by molar-refractivity contribution is -0.148. The molecule has 0 aliphatic carbocycles. The molecule has 1 unspecified atom stereocenters. The molecule has 0 aliphatic rings. The van der Waals surface area contributed by atoms with Crippen molar-refractivity contribution in [1.29, 1.82) is 0 Å². The zero-order chi connectivity index (χ0) is 23.0. The number of carbonyl (C=O) groups excluding carboxylic acids is 1. The zero-order valence-electron chi connectivity index (χ0n) is 17.1. The molecule has 0 saturated heterocycles. The van der Waals surface area contributed by atoms with Crippen LogP contribution >= 0.6 is 0 Å². The molecular weight excluding hydrogens is 415 g/mol. The van der Waals surface area contributed by atoms with Crippen LogP contribution < -0.4 is 10.1 Å². The molecule has 0 spiro atoms. The molecule has 2 N–H and O–H groups in total. The first kappa shape index (κ1) is 24.2. The number of alkyl halides is 3. The lowest BCUT2D eigenvalue weighted by Crippen LogP contribution is -2.37. The van der Waals surface area contributed by atoms with Crippen molar-refractivity contribution in [1.82, 2.24) is 5.32 Å². The summed E-state index contributed by atoms with van der Waals surface area (Å²) in [6.45, 7) is 1.69. The molecule has 2 aromatic carbocycles. The smallest absolute Gasteiger partial charge is 0.416 e. The van der Waals surface area contributed by atoms with Gasteiger partial charge in [-0.3, -0.25) is 4.79 Å². The first-order valence-corrected chi connectivity index (χ1v) is 9.59. The van der Waals surface area contributed by atoms with Gasteiger partial charge in [0.15, 0.2) is 12.2 Å². The molecule has 0 heterocycles. The SMILES string of the molecule is CCC(Oc1ccc(C[C@H](OC)C(=O)O)cc1)C(=O)NCc1cccc(C(F)(F)F)c1. The Morgan fingerprint density at radius 2 is 1.74 bits per heavy atom. The number of carboxylic acid groups (broad SMARTS) is 1. The van der Waals surface area contributed by atoms with Gasteiger partial charge in [0, 0.05) is 20.1 Å². The summed E-state index contributed by atoms with van der Waals surface area (Å²) in [5.41, 5.74) is 0.276. The second-order valence-corrected chi connectivity index (χ2v) is 6.84. The highest BCUT2D eigenvalue weighted by Gasteiger charge is 2.30. The molecule has 168 valence electrons. The lowest BCUT2D eigenvalue weighted by Gasteiger charge is -2.18. The van der Waals surface area contributed by atoms with Gasteiger partial charge >= 0.3 is 12.1 Å². The second-order valence-electron chi connectivity index (χ2n) is 6.84. The van der Waals surface area contributed by atoms with Gasteiger partial charge < -0.3 is 19.9 Å². The first-order chi connectivity index (χ1) is 14.6. The molecule has 0 fully saturated rings. The average Bonchev–Trinajstić information content (AvgIpc) is 2.74. The van der Waals surface area contributed by atoms with E-state index in [2.05, 4.69) is 5.32 Å². The molecule has 6 nitrogen and oxygen atoms in total. The Labute approximate surface area is 178 Å². The van der Waals surface area contributed by atoms with Crippen LogP contribution in [0.15, 0.2) is 48.5 Å². The van der Waals surface area contributed by atoms with Crippen LogP contribution in [0.25, 0.3) is 0 Å². The minimum atomic E-state index is -4.45. The summed E-state index contributed by atoms with van der Waals surface area (Å²) in [6.07, 6.45) is -5.71. The Morgan fingerprint density at radius 3 is 2.29 bits per heavy atom. The number of benzene rings is 2. The quantitative estimate of drug-likeness (QED) is 0.588. The Balaban J connectivity index is 1.95. The second kappa shape index (κ2) is 10.8. The number of amides is 1. The van der Waals surface area contributed by atoms with Crippen LogP contribution in [-0.2, 0) is 33.5 Å². The zero-order valence-corrected chi connectivity index (χ0v) is 17.1. The van der Waals surface area contributed by atoms with Gasteiger partial charge in [0.05, 0.1) is 5.56 Å². The van der Waals surface area contributed by atoms with Crippen molar-refractivity contribution in [3.8, 4) is 5.75 Å². The van der Waals surface area contributed by atoms with Crippen molar-refractivity contribution >= 4 is 11.9 Å². The van der Waals surface area contributed by atoms with Gasteiger partial charge in [-0.2, -0.15) is 13.2 Å². The van der Waals surface area contributed by atoms with Crippen molar-refractivity contribution in [2.24, 2.45) is 0 Å². The van der Waals surface area contributed by atoms with Crippen molar-refractivity contribution in [3.63, 3.8) is 0 Å². The van der Waals surface area contributed by atoms with Crippen LogP contribution in [0.1, 0.15) is 30.0 Å². The van der Waals surface area contributed by atoms with E-state index in [1.54, 1.807) is 31.2 Å². The van der Waals surface area contributed by atoms with Gasteiger partial charge in [-0.1, -0.05) is 31.2 Å². The Kier molecular flexibility index (Phi) is 8.44. The summed E-state index contributed by atoms with van der Waals surface area (Å²) in [5.74, 6) is -1.10. The lowest BCUT2D eigenvalue weighted by atomic mass is 10.1. The number of hydrogen-bond acceptors (Lipinski definition) is 4. The van der Waals surface area contributed by atoms with Gasteiger partial charge in [0.25, 0.3) is 5.91 Å². The fourth-order valence-corrected chi connectivity index (χ4v) is 2.84. The molecule has 0 aromatic heterocycles. The van der Waals surface area contributed by atoms with E-state index in [4.69, 9.17) is 14.6 Å². The maximum atomic E-state index is 12.8. The topological polar surface area (TPSA) is 84.9 Å². The molecule has 31 heavy (non-hydrogen) atoms. The summed E-state index contributed by atoms with van der Waals surface area (Å²) < 4.78 is 49.0. The number of methoxy groups -OCH3 is 1. The standard InChI is InChI=1S/C22H24F3NO5/c1-3-18(20(27)26-13-15-5-4-6-16(11-15)22(23,24)25)31-17-9-7-14(8-10-17)12-19(30-2)21(28)29/h4-11,18-19H,3,12-13H2,1-2H3,(H,26,27)(H,28,29)/t18?,19-/m0/s1. The van der Waals surface area contributed by atoms with E-state index < -0.39 is 35.8 Å². The average molecular weight is 439 g/mol. The van der Waals surface area contributed by atoms with Gasteiger partial charge in [-0.15, -0.1) is 0 Å². The largest absolute Gasteiger partial charge is 0.481 e. The minimum absolute atomic E-state index is 0.0604. The van der Waals surface area contributed by atoms with Gasteiger partial charge in [0.1, 0.15) is 5.75 Å². The molecule has 9 heteroatoms. The Bertz CT molecular complexity index is 883. The van der Waals surface area contributed by atoms with Crippen LogP contribution in [0.5, 0.6) is 5.75 Å². The number of carboxylic acids is 1. The first-order valence-electron chi connectivity index (χ1n) is 9.59. The highest BCUT2D eigenvalue weighted by molar-refractivity contribution is 5.81. The van der Waals surface area contributed by atoms with Crippen molar-refractivity contribution in [2.75, 3.05) is 7.11 Å². The third kappa shape index (κ3) is 7.29. The number of hydrogen-bond donors (Lipinski definition) is 2. The molecular formula is C22H24F3NO5. The third-order valence-electron chi connectivity index (χ3n) is 4.57. The number of ether oxygens (including phenoxy) is 2. The van der Waals surface area contributed by atoms with Gasteiger partial charge in [-0.25, -0.2) is 4.79 Å². The molecule has 0 radical (unpaired) electrons. The third-order valence-corrected chi connectivity index (χ3v) is 4.57. The van der Waals surface area contributed by atoms with E-state index in [-0.39, 0.29) is 13.0 Å². The monoisotopic (exact) mass is 439 g/mol. The van der Waals surface area contributed by atoms with Crippen molar-refractivity contribution < 1.29 is 37.3 Å². The number of halogens is 3. The number of nitrogens with one attached hydrogen (secondary N) is 1. The highest BCUT2D eigenvalue weighted by atomic mass is 19.4. The summed E-state index contributed by atoms with van der Waals surface area (Å²) in [5, 5.41) is 11.6. The fraction of sp³-hybridized carbons (Fsp3) is 0.364. The highest BCUT2D eigenvalue weighted by Crippen LogP contribution is 2.29. The van der Waals surface area contributed by atoms with Crippen LogP contribution in [-0.4, -0.2) is 36.3 Å². The van der Waals surface area contributed by atoms with Crippen molar-refractivity contribution in [2.45, 2.75) is 44.7 Å². The predicted molar refractivity (Wildman–Crippen MR) is 107 cm³/mol. The van der Waals surface area contributed by atoms with E-state index >= 15 is 0 Å². The summed E-state index contributed by atoms with van der Waals surface area (Å²) in [7, 11) is 1.32. The van der Waals surface area contributed by atoms with E-state index in [9.17, 15) is 22.8 Å². The molecule has 2 rings (SSSR count).